The van der Waals surface area contributed by atoms with Gasteiger partial charge in [-0.3, -0.25) is 19.4 Å². The predicted octanol–water partition coefficient (Wildman–Crippen LogP) is 1.13. The Morgan fingerprint density at radius 1 is 1.19 bits per heavy atom. The number of ketones is 3. The molecule has 0 bridgehead atoms. The molecular weight excluding hydrogens is 574 g/mol. The highest BCUT2D eigenvalue weighted by molar-refractivity contribution is 9.10. The first-order valence-electron chi connectivity index (χ1n) is 10.7. The Morgan fingerprint density at radius 3 is 2.47 bits per heavy atom. The van der Waals surface area contributed by atoms with E-state index in [2.05, 4.69) is 36.2 Å². The Labute approximate surface area is 221 Å². The first-order chi connectivity index (χ1) is 16.9. The molecule has 0 radical (unpaired) electrons. The molecule has 0 saturated carbocycles. The fourth-order valence-corrected chi connectivity index (χ4v) is 9.21. The molecule has 0 amide bonds. The van der Waals surface area contributed by atoms with E-state index in [0.717, 1.165) is 25.5 Å². The lowest BCUT2D eigenvalue weighted by atomic mass is 9.73. The Kier molecular flexibility index (Phi) is 7.29. The van der Waals surface area contributed by atoms with Gasteiger partial charge < -0.3 is 15.3 Å². The number of thiol groups is 1. The van der Waals surface area contributed by atoms with Crippen molar-refractivity contribution in [2.45, 2.75) is 54.3 Å². The average molecular weight is 599 g/mol. The summed E-state index contributed by atoms with van der Waals surface area (Å²) in [7, 11) is -1.88. The monoisotopic (exact) mass is 597 g/mol. The fraction of sp³-hybridized carbons (Fsp3) is 0.409. The molecule has 1 saturated heterocycles. The van der Waals surface area contributed by atoms with Gasteiger partial charge in [-0.05, 0) is 42.8 Å². The van der Waals surface area contributed by atoms with Gasteiger partial charge in [0.1, 0.15) is 23.5 Å². The molecule has 192 valence electrons. The van der Waals surface area contributed by atoms with Crippen LogP contribution in [-0.2, 0) is 14.4 Å². The molecule has 3 aromatic rings. The minimum Gasteiger partial charge on any atom is -0.384 e. The first kappa shape index (κ1) is 26.7. The van der Waals surface area contributed by atoms with E-state index in [-0.39, 0.29) is 5.75 Å². The summed E-state index contributed by atoms with van der Waals surface area (Å²) in [4.78, 5) is 47.5. The maximum Gasteiger partial charge on any atom is 0.164 e. The van der Waals surface area contributed by atoms with E-state index in [0.29, 0.717) is 20.8 Å². The Balaban J connectivity index is 1.98. The molecule has 4 unspecified atom stereocenters. The maximum absolute atomic E-state index is 13.2. The van der Waals surface area contributed by atoms with Crippen LogP contribution in [0.2, 0.25) is 0 Å². The number of hydrogen-bond acceptors (Lipinski definition) is 11. The highest BCUT2D eigenvalue weighted by Gasteiger charge is 2.67. The number of halogens is 1. The second kappa shape index (κ2) is 9.84. The minimum absolute atomic E-state index is 0.267. The molecule has 14 heteroatoms. The lowest BCUT2D eigenvalue weighted by Crippen LogP contribution is -2.71. The zero-order valence-electron chi connectivity index (χ0n) is 19.4. The maximum atomic E-state index is 13.2. The van der Waals surface area contributed by atoms with Crippen molar-refractivity contribution in [1.29, 1.82) is 0 Å². The molecule has 36 heavy (non-hydrogen) atoms. The van der Waals surface area contributed by atoms with Crippen molar-refractivity contribution >= 4 is 55.5 Å². The highest BCUT2D eigenvalue weighted by Crippen LogP contribution is 2.59. The van der Waals surface area contributed by atoms with Gasteiger partial charge in [0, 0.05) is 32.9 Å². The van der Waals surface area contributed by atoms with E-state index in [1.165, 1.54) is 29.9 Å². The molecule has 1 fully saturated rings. The second-order valence-electron chi connectivity index (χ2n) is 8.71. The van der Waals surface area contributed by atoms with Gasteiger partial charge in [0.05, 0.1) is 17.0 Å². The van der Waals surface area contributed by atoms with Gasteiger partial charge in [0.25, 0.3) is 0 Å². The standard InChI is InChI=1S/C22H24BrN5O6S2/c1-11(29)18(32)19-22(34,13(3)31)20(28-7-16(26-27-28)17-8-35-10-25-17)21(33,12(2)30)9-36(19)15-4-14(23)5-24-6-15/h4-8,10,18-20,32-34,36H,9H2,1-3H3/t18?,19-,20-,21?,22?/m0/s1. The SMILES string of the molecule is CC(=O)C(O)[C@@H]1[SH](c2cncc(Br)c2)CC(O)(C(C)=O)[C@H](n2cc(-c3cscn3)nn2)C1(O)C(C)=O. The number of aliphatic hydroxyl groups is 3. The molecular formula is C22H24BrN5O6S2. The van der Waals surface area contributed by atoms with Crippen molar-refractivity contribution < 1.29 is 29.7 Å². The number of rotatable bonds is 7. The van der Waals surface area contributed by atoms with Crippen LogP contribution in [0, 0.1) is 0 Å². The zero-order chi connectivity index (χ0) is 26.4. The fourth-order valence-electron chi connectivity index (χ4n) is 4.64. The lowest BCUT2D eigenvalue weighted by molar-refractivity contribution is -0.170. The summed E-state index contributed by atoms with van der Waals surface area (Å²) in [6, 6.07) is -0.0201. The second-order valence-corrected chi connectivity index (χ2v) is 12.7. The highest BCUT2D eigenvalue weighted by atomic mass is 79.9. The third kappa shape index (κ3) is 4.35. The van der Waals surface area contributed by atoms with Crippen molar-refractivity contribution in [1.82, 2.24) is 25.0 Å². The number of Topliss-reactive ketones (excluding diaryl/α,β-unsaturated/α-hetero) is 3. The molecule has 6 atom stereocenters. The summed E-state index contributed by atoms with van der Waals surface area (Å²) in [5.41, 5.74) is -2.52. The summed E-state index contributed by atoms with van der Waals surface area (Å²) < 4.78 is 1.63. The van der Waals surface area contributed by atoms with Crippen LogP contribution < -0.4 is 0 Å². The van der Waals surface area contributed by atoms with E-state index < -0.39 is 56.8 Å². The number of hydrogen-bond donors (Lipinski definition) is 4. The van der Waals surface area contributed by atoms with E-state index in [9.17, 15) is 29.7 Å². The number of carbonyl (C=O) groups is 3. The van der Waals surface area contributed by atoms with Crippen molar-refractivity contribution in [2.75, 3.05) is 5.75 Å². The molecule has 11 nitrogen and oxygen atoms in total. The molecule has 0 aromatic carbocycles. The normalized spacial score (nSPS) is 30.0. The molecule has 0 spiro atoms. The summed E-state index contributed by atoms with van der Waals surface area (Å²) in [5, 5.41) is 43.5. The minimum atomic E-state index is -2.58. The van der Waals surface area contributed by atoms with Crippen LogP contribution >= 0.6 is 38.2 Å². The van der Waals surface area contributed by atoms with E-state index in [1.54, 1.807) is 17.0 Å². The molecule has 4 heterocycles. The third-order valence-corrected chi connectivity index (χ3v) is 10.5. The summed E-state index contributed by atoms with van der Waals surface area (Å²) >= 11 is 4.65. The van der Waals surface area contributed by atoms with Crippen LogP contribution in [0.4, 0.5) is 0 Å². The van der Waals surface area contributed by atoms with Crippen molar-refractivity contribution in [3.05, 3.63) is 40.0 Å². The molecule has 3 N–H and O–H groups in total. The van der Waals surface area contributed by atoms with Crippen LogP contribution in [-0.4, -0.2) is 85.9 Å². The van der Waals surface area contributed by atoms with Gasteiger partial charge in [0.2, 0.25) is 0 Å². The van der Waals surface area contributed by atoms with E-state index in [4.69, 9.17) is 0 Å². The predicted molar refractivity (Wildman–Crippen MR) is 136 cm³/mol. The Bertz CT molecular complexity index is 1320. The Hall–Kier alpha value is -2.36. The quantitative estimate of drug-likeness (QED) is 0.290. The van der Waals surface area contributed by atoms with Crippen LogP contribution in [0.1, 0.15) is 26.8 Å². The number of pyridine rings is 1. The first-order valence-corrected chi connectivity index (χ1v) is 14.1. The van der Waals surface area contributed by atoms with Crippen molar-refractivity contribution in [3.8, 4) is 11.4 Å². The Morgan fingerprint density at radius 2 is 1.92 bits per heavy atom. The van der Waals surface area contributed by atoms with Crippen molar-refractivity contribution in [3.63, 3.8) is 0 Å². The molecule has 3 aromatic heterocycles. The molecule has 1 aliphatic rings. The molecule has 4 rings (SSSR count). The number of carbonyl (C=O) groups excluding carboxylic acids is 3. The van der Waals surface area contributed by atoms with E-state index in [1.807, 2.05) is 0 Å². The summed E-state index contributed by atoms with van der Waals surface area (Å²) in [6.07, 6.45) is 2.58. The number of nitrogens with zero attached hydrogens (tertiary/aromatic N) is 5. The number of aromatic nitrogens is 5. The van der Waals surface area contributed by atoms with Gasteiger partial charge >= 0.3 is 0 Å². The van der Waals surface area contributed by atoms with Gasteiger partial charge in [-0.25, -0.2) is 20.6 Å². The molecule has 0 aliphatic carbocycles. The van der Waals surface area contributed by atoms with Gasteiger partial charge in [-0.15, -0.1) is 16.4 Å². The number of thiazole rings is 1. The van der Waals surface area contributed by atoms with Crippen LogP contribution in [0.5, 0.6) is 0 Å². The van der Waals surface area contributed by atoms with Crippen LogP contribution in [0.3, 0.4) is 0 Å². The largest absolute Gasteiger partial charge is 0.384 e. The molecule has 1 aliphatic heterocycles. The topological polar surface area (TPSA) is 168 Å². The van der Waals surface area contributed by atoms with E-state index >= 15 is 0 Å². The van der Waals surface area contributed by atoms with Crippen LogP contribution in [0.15, 0.2) is 44.9 Å². The van der Waals surface area contributed by atoms with Crippen LogP contribution in [0.25, 0.3) is 11.4 Å². The van der Waals surface area contributed by atoms with Gasteiger partial charge in [-0.1, -0.05) is 5.21 Å². The summed E-state index contributed by atoms with van der Waals surface area (Å²) in [6.45, 7) is 3.39. The summed E-state index contributed by atoms with van der Waals surface area (Å²) in [5.74, 6) is -2.51. The third-order valence-electron chi connectivity index (χ3n) is 6.45. The zero-order valence-corrected chi connectivity index (χ0v) is 22.7. The number of aliphatic hydroxyl groups excluding tert-OH is 1. The van der Waals surface area contributed by atoms with Crippen molar-refractivity contribution in [2.24, 2.45) is 0 Å². The lowest BCUT2D eigenvalue weighted by Gasteiger charge is -2.56. The van der Waals surface area contributed by atoms with Gasteiger partial charge in [-0.2, -0.15) is 0 Å². The van der Waals surface area contributed by atoms with Gasteiger partial charge in [0.15, 0.2) is 28.6 Å². The smallest absolute Gasteiger partial charge is 0.164 e. The average Bonchev–Trinajstić information content (AvgIpc) is 3.50.